The van der Waals surface area contributed by atoms with Gasteiger partial charge in [0.2, 0.25) is 5.91 Å². The molecule has 1 N–H and O–H groups in total. The number of amides is 1. The van der Waals surface area contributed by atoms with Crippen molar-refractivity contribution in [1.29, 1.82) is 0 Å². The predicted octanol–water partition coefficient (Wildman–Crippen LogP) is 4.82. The standard InChI is InChI=1S/C23H25ClN2O3/c24-21-12-15(18-11-19(23(28)29)14-25-13-18)6-7-16(21)10-17-8-9-26(22(17)27)20-4-2-1-3-5-20/h6-7,11-14,17,20H,1-5,8-10H2,(H,28,29). The molecule has 4 rings (SSSR count). The number of carbonyl (C=O) groups is 2. The summed E-state index contributed by atoms with van der Waals surface area (Å²) < 4.78 is 0. The van der Waals surface area contributed by atoms with Gasteiger partial charge in [-0.3, -0.25) is 9.78 Å². The Bertz CT molecular complexity index is 924. The molecule has 2 fully saturated rings. The molecule has 6 heteroatoms. The molecule has 5 nitrogen and oxygen atoms in total. The highest BCUT2D eigenvalue weighted by Gasteiger charge is 2.36. The van der Waals surface area contributed by atoms with Gasteiger partial charge in [-0.25, -0.2) is 4.79 Å². The van der Waals surface area contributed by atoms with Crippen LogP contribution in [0.3, 0.4) is 0 Å². The first kappa shape index (κ1) is 19.9. The molecule has 2 aliphatic rings. The van der Waals surface area contributed by atoms with Gasteiger partial charge in [-0.15, -0.1) is 0 Å². The van der Waals surface area contributed by atoms with Crippen molar-refractivity contribution in [2.24, 2.45) is 5.92 Å². The molecule has 0 radical (unpaired) electrons. The third-order valence-electron chi connectivity index (χ3n) is 6.20. The van der Waals surface area contributed by atoms with Crippen LogP contribution in [0.25, 0.3) is 11.1 Å². The molecular formula is C23H25ClN2O3. The molecular weight excluding hydrogens is 388 g/mol. The van der Waals surface area contributed by atoms with Gasteiger partial charge >= 0.3 is 5.97 Å². The monoisotopic (exact) mass is 412 g/mol. The summed E-state index contributed by atoms with van der Waals surface area (Å²) in [5.41, 5.74) is 2.62. The maximum Gasteiger partial charge on any atom is 0.337 e. The van der Waals surface area contributed by atoms with Crippen LogP contribution in [0.15, 0.2) is 36.7 Å². The minimum Gasteiger partial charge on any atom is -0.478 e. The Labute approximate surface area is 175 Å². The third kappa shape index (κ3) is 4.30. The quantitative estimate of drug-likeness (QED) is 0.763. The highest BCUT2D eigenvalue weighted by atomic mass is 35.5. The summed E-state index contributed by atoms with van der Waals surface area (Å²) in [6.45, 7) is 0.859. The van der Waals surface area contributed by atoms with E-state index in [-0.39, 0.29) is 17.4 Å². The molecule has 2 aromatic rings. The number of aromatic nitrogens is 1. The first-order valence-electron chi connectivity index (χ1n) is 10.3. The van der Waals surface area contributed by atoms with E-state index >= 15 is 0 Å². The minimum atomic E-state index is -1.01. The lowest BCUT2D eigenvalue weighted by atomic mass is 9.93. The summed E-state index contributed by atoms with van der Waals surface area (Å²) in [6, 6.07) is 7.71. The van der Waals surface area contributed by atoms with E-state index in [0.717, 1.165) is 36.9 Å². The molecule has 1 unspecified atom stereocenters. The zero-order valence-corrected chi connectivity index (χ0v) is 17.1. The Kier molecular flexibility index (Phi) is 5.86. The number of nitrogens with zero attached hydrogens (tertiary/aromatic N) is 2. The van der Waals surface area contributed by atoms with Crippen LogP contribution in [0.4, 0.5) is 0 Å². The van der Waals surface area contributed by atoms with Crippen LogP contribution in [0.1, 0.15) is 54.4 Å². The van der Waals surface area contributed by atoms with Gasteiger partial charge < -0.3 is 10.0 Å². The first-order chi connectivity index (χ1) is 14.0. The largest absolute Gasteiger partial charge is 0.478 e. The molecule has 0 bridgehead atoms. The molecule has 1 aliphatic carbocycles. The Balaban J connectivity index is 1.47. The van der Waals surface area contributed by atoms with E-state index in [4.69, 9.17) is 16.7 Å². The Hall–Kier alpha value is -2.40. The molecule has 152 valence electrons. The van der Waals surface area contributed by atoms with Crippen LogP contribution >= 0.6 is 11.6 Å². The molecule has 1 saturated carbocycles. The number of pyridine rings is 1. The molecule has 1 saturated heterocycles. The maximum atomic E-state index is 12.9. The second-order valence-electron chi connectivity index (χ2n) is 8.09. The van der Waals surface area contributed by atoms with Crippen LogP contribution < -0.4 is 0 Å². The number of hydrogen-bond acceptors (Lipinski definition) is 3. The van der Waals surface area contributed by atoms with Gasteiger partial charge in [0, 0.05) is 41.5 Å². The van der Waals surface area contributed by atoms with E-state index in [9.17, 15) is 9.59 Å². The Morgan fingerprint density at radius 1 is 1.10 bits per heavy atom. The number of carboxylic acids is 1. The average Bonchev–Trinajstić information content (AvgIpc) is 3.10. The smallest absolute Gasteiger partial charge is 0.337 e. The fraction of sp³-hybridized carbons (Fsp3) is 0.435. The molecule has 1 atom stereocenters. The molecule has 29 heavy (non-hydrogen) atoms. The minimum absolute atomic E-state index is 0.00252. The predicted molar refractivity (Wildman–Crippen MR) is 112 cm³/mol. The second-order valence-corrected chi connectivity index (χ2v) is 8.49. The van der Waals surface area contributed by atoms with E-state index in [1.807, 2.05) is 18.2 Å². The third-order valence-corrected chi connectivity index (χ3v) is 6.56. The van der Waals surface area contributed by atoms with Crippen molar-refractivity contribution in [1.82, 2.24) is 9.88 Å². The van der Waals surface area contributed by atoms with Crippen molar-refractivity contribution >= 4 is 23.5 Å². The van der Waals surface area contributed by atoms with Gasteiger partial charge in [0.25, 0.3) is 0 Å². The summed E-state index contributed by atoms with van der Waals surface area (Å²) in [4.78, 5) is 30.2. The number of benzene rings is 1. The number of halogens is 1. The zero-order chi connectivity index (χ0) is 20.4. The summed E-state index contributed by atoms with van der Waals surface area (Å²) in [5.74, 6) is -0.739. The van der Waals surface area contributed by atoms with Gasteiger partial charge in [-0.05, 0) is 48.9 Å². The Morgan fingerprint density at radius 2 is 1.90 bits per heavy atom. The van der Waals surface area contributed by atoms with Crippen molar-refractivity contribution < 1.29 is 14.7 Å². The van der Waals surface area contributed by atoms with E-state index in [2.05, 4.69) is 9.88 Å². The van der Waals surface area contributed by atoms with Crippen LogP contribution in [-0.2, 0) is 11.2 Å². The highest BCUT2D eigenvalue weighted by molar-refractivity contribution is 6.31. The number of hydrogen-bond donors (Lipinski definition) is 1. The lowest BCUT2D eigenvalue weighted by Gasteiger charge is -2.31. The topological polar surface area (TPSA) is 70.5 Å². The fourth-order valence-corrected chi connectivity index (χ4v) is 4.84. The number of aromatic carboxylic acids is 1. The number of carbonyl (C=O) groups excluding carboxylic acids is 1. The number of carboxylic acid groups (broad SMARTS) is 1. The molecule has 1 aliphatic heterocycles. The fourth-order valence-electron chi connectivity index (χ4n) is 4.58. The van der Waals surface area contributed by atoms with Gasteiger partial charge in [-0.2, -0.15) is 0 Å². The van der Waals surface area contributed by atoms with E-state index in [1.54, 1.807) is 12.3 Å². The molecule has 2 heterocycles. The van der Waals surface area contributed by atoms with Crippen molar-refractivity contribution in [2.45, 2.75) is 51.0 Å². The first-order valence-corrected chi connectivity index (χ1v) is 10.7. The molecule has 1 aromatic heterocycles. The SMILES string of the molecule is O=C(O)c1cncc(-c2ccc(CC3CCN(C4CCCCC4)C3=O)c(Cl)c2)c1. The van der Waals surface area contributed by atoms with E-state index < -0.39 is 5.97 Å². The van der Waals surface area contributed by atoms with Crippen LogP contribution in [0, 0.1) is 5.92 Å². The number of likely N-dealkylation sites (tertiary alicyclic amines) is 1. The lowest BCUT2D eigenvalue weighted by molar-refractivity contribution is -0.133. The average molecular weight is 413 g/mol. The normalized spacial score (nSPS) is 20.2. The van der Waals surface area contributed by atoms with E-state index in [1.165, 1.54) is 25.5 Å². The highest BCUT2D eigenvalue weighted by Crippen LogP contribution is 2.33. The van der Waals surface area contributed by atoms with Crippen molar-refractivity contribution in [3.63, 3.8) is 0 Å². The second kappa shape index (κ2) is 8.54. The van der Waals surface area contributed by atoms with E-state index in [0.29, 0.717) is 23.0 Å². The van der Waals surface area contributed by atoms with Crippen molar-refractivity contribution in [3.05, 3.63) is 52.8 Å². The van der Waals surface area contributed by atoms with Gasteiger partial charge in [0.1, 0.15) is 0 Å². The van der Waals surface area contributed by atoms with Crippen molar-refractivity contribution in [2.75, 3.05) is 6.54 Å². The van der Waals surface area contributed by atoms with Crippen molar-refractivity contribution in [3.8, 4) is 11.1 Å². The zero-order valence-electron chi connectivity index (χ0n) is 16.3. The molecule has 1 amide bonds. The maximum absolute atomic E-state index is 12.9. The summed E-state index contributed by atoms with van der Waals surface area (Å²) in [7, 11) is 0. The van der Waals surface area contributed by atoms with Gasteiger partial charge in [0.15, 0.2) is 0 Å². The summed E-state index contributed by atoms with van der Waals surface area (Å²) in [6.07, 6.45) is 10.5. The summed E-state index contributed by atoms with van der Waals surface area (Å²) in [5, 5.41) is 9.76. The number of rotatable bonds is 5. The summed E-state index contributed by atoms with van der Waals surface area (Å²) >= 11 is 6.53. The lowest BCUT2D eigenvalue weighted by Crippen LogP contribution is -2.39. The molecule has 0 spiro atoms. The van der Waals surface area contributed by atoms with Gasteiger partial charge in [0.05, 0.1) is 5.56 Å². The van der Waals surface area contributed by atoms with Crippen LogP contribution in [0.5, 0.6) is 0 Å². The van der Waals surface area contributed by atoms with Crippen LogP contribution in [0.2, 0.25) is 5.02 Å². The Morgan fingerprint density at radius 3 is 2.62 bits per heavy atom. The van der Waals surface area contributed by atoms with Gasteiger partial charge in [-0.1, -0.05) is 43.0 Å². The van der Waals surface area contributed by atoms with Crippen LogP contribution in [-0.4, -0.2) is 39.5 Å². The molecule has 1 aromatic carbocycles.